The molecular weight excluding hydrogens is 617 g/mol. The molecule has 1 atom stereocenters. The van der Waals surface area contributed by atoms with Crippen LogP contribution in [-0.4, -0.2) is 49.9 Å². The van der Waals surface area contributed by atoms with Crippen molar-refractivity contribution in [2.45, 2.75) is 64.1 Å². The summed E-state index contributed by atoms with van der Waals surface area (Å²) in [5.74, 6) is -1.13. The van der Waals surface area contributed by atoms with Crippen molar-refractivity contribution in [3.63, 3.8) is 0 Å². The van der Waals surface area contributed by atoms with E-state index < -0.39 is 45.8 Å². The van der Waals surface area contributed by atoms with Crippen LogP contribution in [0, 0.1) is 12.7 Å². The Labute approximate surface area is 277 Å². The summed E-state index contributed by atoms with van der Waals surface area (Å²) in [5.41, 5.74) is 1.44. The molecule has 1 N–H and O–H groups in total. The lowest BCUT2D eigenvalue weighted by atomic mass is 10.0. The number of hydrogen-bond acceptors (Lipinski definition) is 5. The quantitative estimate of drug-likeness (QED) is 0.182. The largest absolute Gasteiger partial charge is 0.494 e. The molecule has 0 bridgehead atoms. The lowest BCUT2D eigenvalue weighted by molar-refractivity contribution is -0.140. The second-order valence-corrected chi connectivity index (χ2v) is 14.2. The van der Waals surface area contributed by atoms with Crippen LogP contribution in [-0.2, 0) is 32.6 Å². The van der Waals surface area contributed by atoms with Crippen molar-refractivity contribution >= 4 is 27.5 Å². The van der Waals surface area contributed by atoms with E-state index in [1.54, 1.807) is 54.6 Å². The number of anilines is 1. The molecule has 10 heteroatoms. The number of amides is 2. The van der Waals surface area contributed by atoms with E-state index in [2.05, 4.69) is 5.32 Å². The SMILES string of the molecule is CCOc1ccc(N(CC(=O)N(Cc2ccccc2F)[C@@H](Cc2ccccc2)C(=O)NC(C)(C)C)S(=O)(=O)c2ccc(C)cc2)cc1. The average Bonchev–Trinajstić information content (AvgIpc) is 3.02. The molecule has 0 saturated heterocycles. The summed E-state index contributed by atoms with van der Waals surface area (Å²) in [4.78, 5) is 29.8. The molecule has 0 unspecified atom stereocenters. The molecular formula is C37H42FN3O5S. The number of ether oxygens (including phenoxy) is 1. The van der Waals surface area contributed by atoms with E-state index in [0.717, 1.165) is 15.4 Å². The summed E-state index contributed by atoms with van der Waals surface area (Å²) < 4.78 is 50.0. The van der Waals surface area contributed by atoms with E-state index in [0.29, 0.717) is 12.4 Å². The molecule has 0 aliphatic heterocycles. The fraction of sp³-hybridized carbons (Fsp3) is 0.297. The standard InChI is InChI=1S/C37H42FN3O5S/c1-6-46-31-20-18-30(19-21-31)41(47(44,45)32-22-16-27(2)17-23-32)26-35(42)40(25-29-14-10-11-15-33(29)38)34(36(43)39-37(3,4)5)24-28-12-8-7-9-13-28/h7-23,34H,6,24-26H2,1-5H3,(H,39,43)/t34-/m0/s1. The Kier molecular flexibility index (Phi) is 11.4. The van der Waals surface area contributed by atoms with Gasteiger partial charge in [-0.25, -0.2) is 12.8 Å². The Morgan fingerprint density at radius 1 is 0.872 bits per heavy atom. The van der Waals surface area contributed by atoms with Gasteiger partial charge in [0.2, 0.25) is 11.8 Å². The number of carbonyl (C=O) groups is 2. The van der Waals surface area contributed by atoms with Crippen LogP contribution in [0.25, 0.3) is 0 Å². The van der Waals surface area contributed by atoms with E-state index >= 15 is 4.39 Å². The summed E-state index contributed by atoms with van der Waals surface area (Å²) in [5, 5.41) is 2.97. The Hall–Kier alpha value is -4.70. The van der Waals surface area contributed by atoms with Crippen molar-refractivity contribution in [2.24, 2.45) is 0 Å². The lowest BCUT2D eigenvalue weighted by Crippen LogP contribution is -2.56. The topological polar surface area (TPSA) is 96.0 Å². The number of carbonyl (C=O) groups excluding carboxylic acids is 2. The average molecular weight is 660 g/mol. The number of benzene rings is 4. The van der Waals surface area contributed by atoms with Crippen LogP contribution in [0.3, 0.4) is 0 Å². The minimum absolute atomic E-state index is 0.00301. The van der Waals surface area contributed by atoms with E-state index in [9.17, 15) is 18.0 Å². The summed E-state index contributed by atoms with van der Waals surface area (Å²) in [6, 6.07) is 26.9. The summed E-state index contributed by atoms with van der Waals surface area (Å²) in [6.07, 6.45) is 0.122. The van der Waals surface area contributed by atoms with Gasteiger partial charge in [0.1, 0.15) is 24.2 Å². The van der Waals surface area contributed by atoms with E-state index in [1.165, 1.54) is 23.1 Å². The van der Waals surface area contributed by atoms with Gasteiger partial charge in [0, 0.05) is 24.1 Å². The predicted molar refractivity (Wildman–Crippen MR) is 182 cm³/mol. The highest BCUT2D eigenvalue weighted by atomic mass is 32.2. The van der Waals surface area contributed by atoms with Gasteiger partial charge in [-0.2, -0.15) is 0 Å². The maximum absolute atomic E-state index is 15.1. The van der Waals surface area contributed by atoms with Gasteiger partial charge in [-0.05, 0) is 82.6 Å². The second kappa shape index (κ2) is 15.3. The smallest absolute Gasteiger partial charge is 0.264 e. The third-order valence-corrected chi connectivity index (χ3v) is 9.18. The normalized spacial score (nSPS) is 12.2. The first kappa shape index (κ1) is 35.2. The maximum Gasteiger partial charge on any atom is 0.264 e. The first-order valence-corrected chi connectivity index (χ1v) is 16.9. The minimum atomic E-state index is -4.27. The molecule has 47 heavy (non-hydrogen) atoms. The van der Waals surface area contributed by atoms with Crippen LogP contribution in [0.4, 0.5) is 10.1 Å². The molecule has 0 radical (unpaired) electrons. The molecule has 0 aliphatic rings. The zero-order valence-electron chi connectivity index (χ0n) is 27.4. The fourth-order valence-corrected chi connectivity index (χ4v) is 6.47. The highest BCUT2D eigenvalue weighted by molar-refractivity contribution is 7.92. The Morgan fingerprint density at radius 2 is 1.49 bits per heavy atom. The first-order valence-electron chi connectivity index (χ1n) is 15.5. The van der Waals surface area contributed by atoms with Crippen molar-refractivity contribution in [3.8, 4) is 5.75 Å². The monoisotopic (exact) mass is 659 g/mol. The summed E-state index contributed by atoms with van der Waals surface area (Å²) in [6.45, 7) is 8.69. The van der Waals surface area contributed by atoms with Crippen LogP contribution in [0.5, 0.6) is 5.75 Å². The number of aryl methyl sites for hydroxylation is 1. The number of sulfonamides is 1. The molecule has 0 fully saturated rings. The highest BCUT2D eigenvalue weighted by Crippen LogP contribution is 2.27. The van der Waals surface area contributed by atoms with Crippen molar-refractivity contribution in [1.82, 2.24) is 10.2 Å². The number of nitrogens with one attached hydrogen (secondary N) is 1. The van der Waals surface area contributed by atoms with Crippen molar-refractivity contribution in [2.75, 3.05) is 17.5 Å². The van der Waals surface area contributed by atoms with Gasteiger partial charge in [-0.3, -0.25) is 13.9 Å². The van der Waals surface area contributed by atoms with Gasteiger partial charge in [-0.1, -0.05) is 66.2 Å². The number of rotatable bonds is 13. The highest BCUT2D eigenvalue weighted by Gasteiger charge is 2.36. The zero-order valence-corrected chi connectivity index (χ0v) is 28.3. The summed E-state index contributed by atoms with van der Waals surface area (Å²) in [7, 11) is -4.27. The molecule has 0 saturated carbocycles. The molecule has 8 nitrogen and oxygen atoms in total. The van der Waals surface area contributed by atoms with Crippen molar-refractivity contribution < 1.29 is 27.1 Å². The Morgan fingerprint density at radius 3 is 2.09 bits per heavy atom. The van der Waals surface area contributed by atoms with Crippen molar-refractivity contribution in [1.29, 1.82) is 0 Å². The minimum Gasteiger partial charge on any atom is -0.494 e. The van der Waals surface area contributed by atoms with E-state index in [-0.39, 0.29) is 29.1 Å². The molecule has 0 aliphatic carbocycles. The molecule has 0 aromatic heterocycles. The first-order chi connectivity index (χ1) is 22.3. The number of nitrogens with zero attached hydrogens (tertiary/aromatic N) is 2. The van der Waals surface area contributed by atoms with Gasteiger partial charge in [0.25, 0.3) is 10.0 Å². The molecule has 2 amide bonds. The fourth-order valence-electron chi connectivity index (χ4n) is 5.06. The van der Waals surface area contributed by atoms with Crippen LogP contribution in [0.2, 0.25) is 0 Å². The van der Waals surface area contributed by atoms with Crippen LogP contribution in [0.1, 0.15) is 44.4 Å². The van der Waals surface area contributed by atoms with Gasteiger partial charge in [0.05, 0.1) is 17.2 Å². The second-order valence-electron chi connectivity index (χ2n) is 12.3. The van der Waals surface area contributed by atoms with Gasteiger partial charge in [-0.15, -0.1) is 0 Å². The van der Waals surface area contributed by atoms with Crippen LogP contribution in [0.15, 0.2) is 108 Å². The molecule has 4 rings (SSSR count). The number of hydrogen-bond donors (Lipinski definition) is 1. The lowest BCUT2D eigenvalue weighted by Gasteiger charge is -2.35. The van der Waals surface area contributed by atoms with Gasteiger partial charge in [0.15, 0.2) is 0 Å². The third-order valence-electron chi connectivity index (χ3n) is 7.39. The van der Waals surface area contributed by atoms with Gasteiger partial charge >= 0.3 is 0 Å². The zero-order chi connectivity index (χ0) is 34.2. The molecule has 4 aromatic rings. The number of halogens is 1. The molecule has 248 valence electrons. The maximum atomic E-state index is 15.1. The van der Waals surface area contributed by atoms with Crippen molar-refractivity contribution in [3.05, 3.63) is 126 Å². The summed E-state index contributed by atoms with van der Waals surface area (Å²) >= 11 is 0. The van der Waals surface area contributed by atoms with E-state index in [4.69, 9.17) is 4.74 Å². The molecule has 4 aromatic carbocycles. The Bertz CT molecular complexity index is 1760. The van der Waals surface area contributed by atoms with Gasteiger partial charge < -0.3 is 15.0 Å². The van der Waals surface area contributed by atoms with Crippen LogP contribution < -0.4 is 14.4 Å². The van der Waals surface area contributed by atoms with E-state index in [1.807, 2.05) is 65.0 Å². The predicted octanol–water partition coefficient (Wildman–Crippen LogP) is 6.28. The van der Waals surface area contributed by atoms with Crippen LogP contribution >= 0.6 is 0 Å². The molecule has 0 spiro atoms. The molecule has 0 heterocycles. The third kappa shape index (κ3) is 9.42. The Balaban J connectivity index is 1.82.